The molecule has 0 heteroatoms. The van der Waals surface area contributed by atoms with Gasteiger partial charge in [0, 0.05) is 0 Å². The summed E-state index contributed by atoms with van der Waals surface area (Å²) < 4.78 is 0. The number of hydrogen-bond donors (Lipinski definition) is 0. The Balaban J connectivity index is 1.93. The van der Waals surface area contributed by atoms with Gasteiger partial charge in [-0.1, -0.05) is 46.5 Å². The van der Waals surface area contributed by atoms with Crippen molar-refractivity contribution in [1.82, 2.24) is 0 Å². The maximum absolute atomic E-state index is 2.43. The summed E-state index contributed by atoms with van der Waals surface area (Å²) in [4.78, 5) is 0. The molecule has 1 rings (SSSR count). The molecule has 0 aromatic rings. The van der Waals surface area contributed by atoms with Gasteiger partial charge in [-0.3, -0.25) is 0 Å². The van der Waals surface area contributed by atoms with Crippen LogP contribution in [0.3, 0.4) is 0 Å². The third kappa shape index (κ3) is 3.60. The predicted molar refractivity (Wildman–Crippen MR) is 55.2 cm³/mol. The second-order valence-electron chi connectivity index (χ2n) is 4.81. The fourth-order valence-electron chi connectivity index (χ4n) is 2.10. The van der Waals surface area contributed by atoms with Crippen LogP contribution >= 0.6 is 0 Å². The van der Waals surface area contributed by atoms with Gasteiger partial charge in [-0.15, -0.1) is 0 Å². The van der Waals surface area contributed by atoms with Crippen LogP contribution in [0.25, 0.3) is 0 Å². The van der Waals surface area contributed by atoms with Gasteiger partial charge in [0.05, 0.1) is 0 Å². The minimum absolute atomic E-state index is 0.992. The van der Waals surface area contributed by atoms with Gasteiger partial charge in [0.25, 0.3) is 0 Å². The molecule has 0 aromatic heterocycles. The number of unbranched alkanes of at least 4 members (excludes halogenated alkanes) is 2. The molecule has 12 heavy (non-hydrogen) atoms. The molecule has 0 bridgehead atoms. The van der Waals surface area contributed by atoms with Crippen molar-refractivity contribution in [3.8, 4) is 0 Å². The minimum Gasteiger partial charge on any atom is -0.0654 e. The van der Waals surface area contributed by atoms with Crippen LogP contribution in [-0.4, -0.2) is 0 Å². The van der Waals surface area contributed by atoms with Crippen LogP contribution in [0.5, 0.6) is 0 Å². The zero-order valence-corrected chi connectivity index (χ0v) is 8.97. The second kappa shape index (κ2) is 4.89. The van der Waals surface area contributed by atoms with E-state index in [0.29, 0.717) is 0 Å². The first-order valence-corrected chi connectivity index (χ1v) is 5.74. The quantitative estimate of drug-likeness (QED) is 0.520. The van der Waals surface area contributed by atoms with E-state index in [0.717, 1.165) is 17.8 Å². The Hall–Kier alpha value is 0. The molecule has 0 radical (unpaired) electrons. The zero-order valence-electron chi connectivity index (χ0n) is 8.97. The molecule has 72 valence electrons. The van der Waals surface area contributed by atoms with E-state index in [2.05, 4.69) is 20.8 Å². The van der Waals surface area contributed by atoms with Crippen LogP contribution in [0, 0.1) is 17.8 Å². The summed E-state index contributed by atoms with van der Waals surface area (Å²) in [6, 6.07) is 0. The average molecular weight is 168 g/mol. The lowest BCUT2D eigenvalue weighted by molar-refractivity contribution is 0.431. The molecule has 3 atom stereocenters. The molecular weight excluding hydrogens is 144 g/mol. The van der Waals surface area contributed by atoms with E-state index in [1.54, 1.807) is 0 Å². The van der Waals surface area contributed by atoms with Gasteiger partial charge in [0.1, 0.15) is 0 Å². The highest BCUT2D eigenvalue weighted by Gasteiger charge is 2.32. The monoisotopic (exact) mass is 168 g/mol. The van der Waals surface area contributed by atoms with Crippen molar-refractivity contribution in [2.75, 3.05) is 0 Å². The van der Waals surface area contributed by atoms with E-state index < -0.39 is 0 Å². The van der Waals surface area contributed by atoms with Crippen molar-refractivity contribution < 1.29 is 0 Å². The molecule has 0 aromatic carbocycles. The molecule has 0 amide bonds. The van der Waals surface area contributed by atoms with Crippen molar-refractivity contribution in [1.29, 1.82) is 0 Å². The van der Waals surface area contributed by atoms with Crippen molar-refractivity contribution in [3.05, 3.63) is 0 Å². The molecule has 0 heterocycles. The Morgan fingerprint density at radius 2 is 2.00 bits per heavy atom. The Morgan fingerprint density at radius 3 is 2.50 bits per heavy atom. The van der Waals surface area contributed by atoms with Gasteiger partial charge in [-0.25, -0.2) is 0 Å². The minimum atomic E-state index is 0.992. The van der Waals surface area contributed by atoms with Crippen molar-refractivity contribution in [2.45, 2.75) is 59.3 Å². The van der Waals surface area contributed by atoms with Crippen molar-refractivity contribution in [2.24, 2.45) is 17.8 Å². The Morgan fingerprint density at radius 1 is 1.33 bits per heavy atom. The Kier molecular flexibility index (Phi) is 4.11. The third-order valence-electron chi connectivity index (χ3n) is 3.28. The fourth-order valence-corrected chi connectivity index (χ4v) is 2.10. The van der Waals surface area contributed by atoms with Gasteiger partial charge in [-0.05, 0) is 30.6 Å². The van der Waals surface area contributed by atoms with Gasteiger partial charge < -0.3 is 0 Å². The number of rotatable bonds is 6. The molecule has 0 spiro atoms. The first kappa shape index (κ1) is 10.1. The van der Waals surface area contributed by atoms with Crippen LogP contribution < -0.4 is 0 Å². The lowest BCUT2D eigenvalue weighted by Crippen LogP contribution is -1.96. The van der Waals surface area contributed by atoms with E-state index in [1.807, 2.05) is 0 Å². The van der Waals surface area contributed by atoms with Crippen LogP contribution in [0.4, 0.5) is 0 Å². The lowest BCUT2D eigenvalue weighted by Gasteiger charge is -2.09. The van der Waals surface area contributed by atoms with Crippen molar-refractivity contribution >= 4 is 0 Å². The molecule has 0 nitrogen and oxygen atoms in total. The van der Waals surface area contributed by atoms with Gasteiger partial charge in [0.15, 0.2) is 0 Å². The van der Waals surface area contributed by atoms with E-state index in [1.165, 1.54) is 38.5 Å². The molecular formula is C12H24. The average Bonchev–Trinajstić information content (AvgIpc) is 2.67. The molecule has 3 unspecified atom stereocenters. The summed E-state index contributed by atoms with van der Waals surface area (Å²) in [7, 11) is 0. The van der Waals surface area contributed by atoms with Crippen molar-refractivity contribution in [3.63, 3.8) is 0 Å². The normalized spacial score (nSPS) is 30.2. The van der Waals surface area contributed by atoms with Crippen LogP contribution in [-0.2, 0) is 0 Å². The predicted octanol–water partition coefficient (Wildman–Crippen LogP) is 4.25. The van der Waals surface area contributed by atoms with E-state index in [9.17, 15) is 0 Å². The lowest BCUT2D eigenvalue weighted by atomic mass is 9.97. The first-order valence-electron chi connectivity index (χ1n) is 5.74. The molecule has 0 saturated heterocycles. The van der Waals surface area contributed by atoms with Crippen LogP contribution in [0.1, 0.15) is 59.3 Å². The smallest absolute Gasteiger partial charge is 0.0383 e. The van der Waals surface area contributed by atoms with E-state index in [-0.39, 0.29) is 0 Å². The van der Waals surface area contributed by atoms with Crippen LogP contribution in [0.2, 0.25) is 0 Å². The highest BCUT2D eigenvalue weighted by atomic mass is 14.4. The fraction of sp³-hybridized carbons (Fsp3) is 1.00. The topological polar surface area (TPSA) is 0 Å². The second-order valence-corrected chi connectivity index (χ2v) is 4.81. The van der Waals surface area contributed by atoms with E-state index >= 15 is 0 Å². The Labute approximate surface area is 77.7 Å². The number of hydrogen-bond acceptors (Lipinski definition) is 0. The third-order valence-corrected chi connectivity index (χ3v) is 3.28. The summed E-state index contributed by atoms with van der Waals surface area (Å²) in [5, 5.41) is 0. The standard InChI is InChI=1S/C12H24/c1-4-5-6-7-10(2)8-12-9-11(12)3/h10-12H,4-9H2,1-3H3. The highest BCUT2D eigenvalue weighted by molar-refractivity contribution is 4.83. The molecule has 0 N–H and O–H groups in total. The molecule has 0 aliphatic heterocycles. The first-order chi connectivity index (χ1) is 5.74. The summed E-state index contributed by atoms with van der Waals surface area (Å²) in [6.45, 7) is 7.11. The van der Waals surface area contributed by atoms with Crippen LogP contribution in [0.15, 0.2) is 0 Å². The largest absolute Gasteiger partial charge is 0.0654 e. The summed E-state index contributed by atoms with van der Waals surface area (Å²) in [6.07, 6.45) is 8.75. The summed E-state index contributed by atoms with van der Waals surface area (Å²) in [5.41, 5.74) is 0. The molecule has 1 saturated carbocycles. The SMILES string of the molecule is CCCCCC(C)CC1CC1C. The summed E-state index contributed by atoms with van der Waals surface area (Å²) >= 11 is 0. The summed E-state index contributed by atoms with van der Waals surface area (Å²) in [5.74, 6) is 3.15. The molecule has 1 fully saturated rings. The zero-order chi connectivity index (χ0) is 8.97. The maximum atomic E-state index is 2.43. The molecule has 1 aliphatic rings. The van der Waals surface area contributed by atoms with E-state index in [4.69, 9.17) is 0 Å². The van der Waals surface area contributed by atoms with Gasteiger partial charge >= 0.3 is 0 Å². The van der Waals surface area contributed by atoms with Gasteiger partial charge in [-0.2, -0.15) is 0 Å². The maximum Gasteiger partial charge on any atom is -0.0383 e. The Bertz CT molecular complexity index is 117. The van der Waals surface area contributed by atoms with Gasteiger partial charge in [0.2, 0.25) is 0 Å². The highest BCUT2D eigenvalue weighted by Crippen LogP contribution is 2.43. The molecule has 1 aliphatic carbocycles.